The maximum absolute atomic E-state index is 3.76. The highest BCUT2D eigenvalue weighted by molar-refractivity contribution is 5.00. The summed E-state index contributed by atoms with van der Waals surface area (Å²) in [7, 11) is 0. The van der Waals surface area contributed by atoms with Crippen LogP contribution in [0.4, 0.5) is 0 Å². The molecule has 2 bridgehead atoms. The second kappa shape index (κ2) is 5.92. The molecule has 2 saturated heterocycles. The molecule has 106 valence electrons. The van der Waals surface area contributed by atoms with Crippen molar-refractivity contribution < 1.29 is 0 Å². The lowest BCUT2D eigenvalue weighted by atomic mass is 9.77. The predicted octanol–water partition coefficient (Wildman–Crippen LogP) is 3.56. The van der Waals surface area contributed by atoms with Gasteiger partial charge >= 0.3 is 0 Å². The second-order valence-corrected chi connectivity index (χ2v) is 6.93. The molecular formula is C16H32N2. The minimum atomic E-state index is 0.394. The van der Waals surface area contributed by atoms with E-state index in [0.717, 1.165) is 18.1 Å². The molecule has 2 unspecified atom stereocenters. The first-order valence-electron chi connectivity index (χ1n) is 8.10. The molecule has 1 N–H and O–H groups in total. The fourth-order valence-corrected chi connectivity index (χ4v) is 4.07. The molecule has 0 radical (unpaired) electrons. The van der Waals surface area contributed by atoms with Crippen molar-refractivity contribution in [3.63, 3.8) is 0 Å². The Bertz CT molecular complexity index is 248. The van der Waals surface area contributed by atoms with Crippen molar-refractivity contribution in [1.29, 1.82) is 0 Å². The smallest absolute Gasteiger partial charge is 0.0156 e. The molecule has 0 aromatic rings. The summed E-state index contributed by atoms with van der Waals surface area (Å²) in [6.07, 6.45) is 9.57. The number of rotatable bonds is 5. The van der Waals surface area contributed by atoms with E-state index < -0.39 is 0 Å². The monoisotopic (exact) mass is 252 g/mol. The Labute approximate surface area is 114 Å². The quantitative estimate of drug-likeness (QED) is 0.805. The second-order valence-electron chi connectivity index (χ2n) is 6.93. The van der Waals surface area contributed by atoms with Gasteiger partial charge < -0.3 is 5.32 Å². The summed E-state index contributed by atoms with van der Waals surface area (Å²) in [5, 5.41) is 3.76. The Kier molecular flexibility index (Phi) is 4.71. The van der Waals surface area contributed by atoms with Crippen LogP contribution in [0.1, 0.15) is 72.6 Å². The van der Waals surface area contributed by atoms with E-state index in [1.807, 2.05) is 0 Å². The highest BCUT2D eigenvalue weighted by Crippen LogP contribution is 2.39. The van der Waals surface area contributed by atoms with Crippen LogP contribution in [0.3, 0.4) is 0 Å². The molecule has 2 nitrogen and oxygen atoms in total. The highest BCUT2D eigenvalue weighted by atomic mass is 15.3. The molecule has 0 spiro atoms. The average molecular weight is 252 g/mol. The zero-order chi connectivity index (χ0) is 13.2. The van der Waals surface area contributed by atoms with Crippen molar-refractivity contribution in [2.75, 3.05) is 6.54 Å². The summed E-state index contributed by atoms with van der Waals surface area (Å²) < 4.78 is 0. The first-order valence-corrected chi connectivity index (χ1v) is 8.10. The standard InChI is InChI=1S/C16H32N2/c1-5-10-17-13-11-14-8-7-9-15(12-13)18(14)16(3,4)6-2/h13-15,17H,5-12H2,1-4H3. The number of nitrogens with one attached hydrogen (secondary N) is 1. The van der Waals surface area contributed by atoms with Crippen molar-refractivity contribution >= 4 is 0 Å². The zero-order valence-electron chi connectivity index (χ0n) is 12.8. The third kappa shape index (κ3) is 2.91. The van der Waals surface area contributed by atoms with Gasteiger partial charge in [-0.3, -0.25) is 4.90 Å². The van der Waals surface area contributed by atoms with Crippen molar-refractivity contribution in [3.05, 3.63) is 0 Å². The maximum Gasteiger partial charge on any atom is 0.0156 e. The van der Waals surface area contributed by atoms with Gasteiger partial charge in [0.05, 0.1) is 0 Å². The van der Waals surface area contributed by atoms with Gasteiger partial charge in [-0.2, -0.15) is 0 Å². The van der Waals surface area contributed by atoms with E-state index in [9.17, 15) is 0 Å². The van der Waals surface area contributed by atoms with Gasteiger partial charge in [0.25, 0.3) is 0 Å². The van der Waals surface area contributed by atoms with E-state index in [1.54, 1.807) is 0 Å². The van der Waals surface area contributed by atoms with Gasteiger partial charge in [-0.1, -0.05) is 20.3 Å². The van der Waals surface area contributed by atoms with Crippen LogP contribution in [0.2, 0.25) is 0 Å². The maximum atomic E-state index is 3.76. The number of fused-ring (bicyclic) bond motifs is 2. The summed E-state index contributed by atoms with van der Waals surface area (Å²) in [5.74, 6) is 0. The molecule has 18 heavy (non-hydrogen) atoms. The summed E-state index contributed by atoms with van der Waals surface area (Å²) in [6.45, 7) is 10.7. The molecule has 2 aliphatic heterocycles. The van der Waals surface area contributed by atoms with E-state index in [2.05, 4.69) is 37.9 Å². The van der Waals surface area contributed by atoms with Crippen LogP contribution >= 0.6 is 0 Å². The first-order chi connectivity index (χ1) is 8.58. The SMILES string of the molecule is CCCNC1CC2CCCC(C1)N2C(C)(C)CC. The van der Waals surface area contributed by atoms with E-state index in [4.69, 9.17) is 0 Å². The third-order valence-electron chi connectivity index (χ3n) is 5.22. The Morgan fingerprint density at radius 2 is 1.72 bits per heavy atom. The predicted molar refractivity (Wildman–Crippen MR) is 79.0 cm³/mol. The largest absolute Gasteiger partial charge is 0.314 e. The Hall–Kier alpha value is -0.0800. The number of nitrogens with zero attached hydrogens (tertiary/aromatic N) is 1. The molecule has 0 amide bonds. The van der Waals surface area contributed by atoms with Gasteiger partial charge in [0.1, 0.15) is 0 Å². The van der Waals surface area contributed by atoms with Crippen molar-refractivity contribution in [1.82, 2.24) is 10.2 Å². The summed E-state index contributed by atoms with van der Waals surface area (Å²) in [4.78, 5) is 2.88. The minimum Gasteiger partial charge on any atom is -0.314 e. The van der Waals surface area contributed by atoms with Crippen LogP contribution < -0.4 is 5.32 Å². The van der Waals surface area contributed by atoms with E-state index in [1.165, 1.54) is 51.5 Å². The number of hydrogen-bond donors (Lipinski definition) is 1. The van der Waals surface area contributed by atoms with Crippen LogP contribution in [-0.4, -0.2) is 35.1 Å². The van der Waals surface area contributed by atoms with E-state index in [0.29, 0.717) is 5.54 Å². The fraction of sp³-hybridized carbons (Fsp3) is 1.00. The molecule has 0 aliphatic carbocycles. The van der Waals surface area contributed by atoms with Crippen LogP contribution in [0.25, 0.3) is 0 Å². The summed E-state index contributed by atoms with van der Waals surface area (Å²) >= 11 is 0. The highest BCUT2D eigenvalue weighted by Gasteiger charge is 2.43. The summed E-state index contributed by atoms with van der Waals surface area (Å²) in [5.41, 5.74) is 0.394. The molecule has 2 aliphatic rings. The van der Waals surface area contributed by atoms with Gasteiger partial charge in [0, 0.05) is 23.7 Å². The average Bonchev–Trinajstić information content (AvgIpc) is 2.35. The van der Waals surface area contributed by atoms with Crippen LogP contribution in [0.15, 0.2) is 0 Å². The molecule has 0 aromatic carbocycles. The Morgan fingerprint density at radius 1 is 1.11 bits per heavy atom. The normalized spacial score (nSPS) is 33.7. The summed E-state index contributed by atoms with van der Waals surface area (Å²) in [6, 6.07) is 2.45. The van der Waals surface area contributed by atoms with Gasteiger partial charge in [0.2, 0.25) is 0 Å². The lowest BCUT2D eigenvalue weighted by molar-refractivity contribution is -0.0496. The molecule has 0 saturated carbocycles. The number of piperidine rings is 2. The van der Waals surface area contributed by atoms with E-state index >= 15 is 0 Å². The molecule has 2 atom stereocenters. The number of hydrogen-bond acceptors (Lipinski definition) is 2. The van der Waals surface area contributed by atoms with Crippen molar-refractivity contribution in [2.24, 2.45) is 0 Å². The lowest BCUT2D eigenvalue weighted by Gasteiger charge is -2.56. The Balaban J connectivity index is 2.03. The van der Waals surface area contributed by atoms with Gasteiger partial charge in [0.15, 0.2) is 0 Å². The lowest BCUT2D eigenvalue weighted by Crippen LogP contribution is -2.62. The van der Waals surface area contributed by atoms with Crippen LogP contribution in [-0.2, 0) is 0 Å². The van der Waals surface area contributed by atoms with Crippen LogP contribution in [0.5, 0.6) is 0 Å². The van der Waals surface area contributed by atoms with Crippen LogP contribution in [0, 0.1) is 0 Å². The van der Waals surface area contributed by atoms with Gasteiger partial charge in [-0.05, 0) is 58.9 Å². The zero-order valence-corrected chi connectivity index (χ0v) is 12.8. The Morgan fingerprint density at radius 3 is 2.22 bits per heavy atom. The fourth-order valence-electron chi connectivity index (χ4n) is 4.07. The van der Waals surface area contributed by atoms with Gasteiger partial charge in [-0.15, -0.1) is 0 Å². The van der Waals surface area contributed by atoms with Crippen molar-refractivity contribution in [2.45, 2.75) is 96.3 Å². The first kappa shape index (κ1) is 14.3. The molecular weight excluding hydrogens is 220 g/mol. The minimum absolute atomic E-state index is 0.394. The van der Waals surface area contributed by atoms with Gasteiger partial charge in [-0.25, -0.2) is 0 Å². The molecule has 0 aromatic heterocycles. The third-order valence-corrected chi connectivity index (χ3v) is 5.22. The topological polar surface area (TPSA) is 15.3 Å². The molecule has 2 heterocycles. The molecule has 2 heteroatoms. The van der Waals surface area contributed by atoms with Crippen molar-refractivity contribution in [3.8, 4) is 0 Å². The molecule has 2 rings (SSSR count). The van der Waals surface area contributed by atoms with E-state index in [-0.39, 0.29) is 0 Å². The molecule has 2 fully saturated rings.